The first-order chi connectivity index (χ1) is 8.06. The Kier molecular flexibility index (Phi) is 3.28. The van der Waals surface area contributed by atoms with Gasteiger partial charge in [0.25, 0.3) is 0 Å². The Morgan fingerprint density at radius 1 is 1.53 bits per heavy atom. The number of aromatic nitrogens is 2. The van der Waals surface area contributed by atoms with Crippen LogP contribution in [-0.4, -0.2) is 27.1 Å². The largest absolute Gasteiger partial charge is 0.311 e. The van der Waals surface area contributed by atoms with Crippen molar-refractivity contribution in [1.29, 1.82) is 0 Å². The number of amides is 2. The van der Waals surface area contributed by atoms with Crippen LogP contribution in [0.15, 0.2) is 16.2 Å². The molecule has 2 rings (SSSR count). The van der Waals surface area contributed by atoms with Gasteiger partial charge in [-0.05, 0) is 0 Å². The van der Waals surface area contributed by atoms with Gasteiger partial charge in [-0.1, -0.05) is 11.8 Å². The van der Waals surface area contributed by atoms with Gasteiger partial charge in [-0.15, -0.1) is 0 Å². The zero-order chi connectivity index (χ0) is 12.4. The van der Waals surface area contributed by atoms with Gasteiger partial charge < -0.3 is 9.88 Å². The van der Waals surface area contributed by atoms with Gasteiger partial charge in [-0.2, -0.15) is 4.99 Å². The zero-order valence-electron chi connectivity index (χ0n) is 9.56. The van der Waals surface area contributed by atoms with Crippen LogP contribution in [0.1, 0.15) is 13.8 Å². The predicted octanol–water partition coefficient (Wildman–Crippen LogP) is 0.394. The molecule has 0 spiro atoms. The fraction of sp³-hybridized carbons (Fsp3) is 0.400. The SMILES string of the molecule is CC(=O)/N=c1\cc(NC(C)=O)nc2n1CCS2. The predicted molar refractivity (Wildman–Crippen MR) is 63.5 cm³/mol. The number of nitrogens with zero attached hydrogens (tertiary/aromatic N) is 3. The van der Waals surface area contributed by atoms with Gasteiger partial charge in [0.2, 0.25) is 11.8 Å². The summed E-state index contributed by atoms with van der Waals surface area (Å²) in [6.07, 6.45) is 0. The second-order valence-electron chi connectivity index (χ2n) is 3.59. The maximum Gasteiger partial charge on any atom is 0.244 e. The van der Waals surface area contributed by atoms with Gasteiger partial charge in [0, 0.05) is 32.2 Å². The van der Waals surface area contributed by atoms with E-state index in [1.807, 2.05) is 4.57 Å². The van der Waals surface area contributed by atoms with Gasteiger partial charge in [0.15, 0.2) is 5.16 Å². The number of nitrogens with one attached hydrogen (secondary N) is 1. The molecular formula is C10H12N4O2S. The Morgan fingerprint density at radius 2 is 2.29 bits per heavy atom. The molecule has 1 aliphatic rings. The summed E-state index contributed by atoms with van der Waals surface area (Å²) < 4.78 is 1.87. The lowest BCUT2D eigenvalue weighted by Gasteiger charge is -2.06. The lowest BCUT2D eigenvalue weighted by molar-refractivity contribution is -0.116. The summed E-state index contributed by atoms with van der Waals surface area (Å²) in [6, 6.07) is 1.61. The van der Waals surface area contributed by atoms with Crippen LogP contribution in [0, 0.1) is 0 Å². The Bertz CT molecular complexity index is 550. The third kappa shape index (κ3) is 2.73. The highest BCUT2D eigenvalue weighted by Gasteiger charge is 2.14. The fourth-order valence-corrected chi connectivity index (χ4v) is 2.50. The zero-order valence-corrected chi connectivity index (χ0v) is 10.4. The van der Waals surface area contributed by atoms with Crippen molar-refractivity contribution in [2.45, 2.75) is 25.5 Å². The van der Waals surface area contributed by atoms with Crippen molar-refractivity contribution in [2.75, 3.05) is 11.1 Å². The van der Waals surface area contributed by atoms with Crippen LogP contribution in [0.2, 0.25) is 0 Å². The summed E-state index contributed by atoms with van der Waals surface area (Å²) in [5.74, 6) is 0.866. The molecule has 1 aliphatic heterocycles. The maximum atomic E-state index is 11.1. The third-order valence-electron chi connectivity index (χ3n) is 2.11. The van der Waals surface area contributed by atoms with Crippen molar-refractivity contribution in [1.82, 2.24) is 9.55 Å². The molecule has 0 unspecified atom stereocenters. The van der Waals surface area contributed by atoms with Crippen LogP contribution in [0.3, 0.4) is 0 Å². The van der Waals surface area contributed by atoms with Crippen molar-refractivity contribution in [2.24, 2.45) is 4.99 Å². The molecular weight excluding hydrogens is 240 g/mol. The Balaban J connectivity index is 2.53. The summed E-state index contributed by atoms with van der Waals surface area (Å²) in [5, 5.41) is 3.37. The summed E-state index contributed by atoms with van der Waals surface area (Å²) in [7, 11) is 0. The average molecular weight is 252 g/mol. The van der Waals surface area contributed by atoms with E-state index in [4.69, 9.17) is 0 Å². The second kappa shape index (κ2) is 4.70. The molecule has 2 heterocycles. The molecule has 1 aromatic rings. The summed E-state index contributed by atoms with van der Waals surface area (Å²) >= 11 is 1.58. The fourth-order valence-electron chi connectivity index (χ4n) is 1.54. The first kappa shape index (κ1) is 11.8. The highest BCUT2D eigenvalue weighted by atomic mass is 32.2. The molecule has 90 valence electrons. The number of rotatable bonds is 1. The number of anilines is 1. The standard InChI is InChI=1S/C10H12N4O2S/c1-6(15)11-8-5-9(12-7(2)16)14-3-4-17-10(14)13-8/h5H,3-4H2,1-2H3,(H,11,15)/b12-9+. The summed E-state index contributed by atoms with van der Waals surface area (Å²) in [5.41, 5.74) is 0.538. The quantitative estimate of drug-likeness (QED) is 0.734. The topological polar surface area (TPSA) is 76.3 Å². The molecule has 1 N–H and O–H groups in total. The van der Waals surface area contributed by atoms with Crippen molar-refractivity contribution in [3.63, 3.8) is 0 Å². The third-order valence-corrected chi connectivity index (χ3v) is 3.07. The monoisotopic (exact) mass is 252 g/mol. The first-order valence-corrected chi connectivity index (χ1v) is 6.12. The molecule has 7 heteroatoms. The minimum absolute atomic E-state index is 0.195. The molecule has 0 saturated heterocycles. The molecule has 0 saturated carbocycles. The lowest BCUT2D eigenvalue weighted by Crippen LogP contribution is -2.24. The van der Waals surface area contributed by atoms with Crippen molar-refractivity contribution in [3.8, 4) is 0 Å². The molecule has 17 heavy (non-hydrogen) atoms. The van der Waals surface area contributed by atoms with Crippen LogP contribution in [0.5, 0.6) is 0 Å². The number of fused-ring (bicyclic) bond motifs is 1. The number of thioether (sulfide) groups is 1. The van der Waals surface area contributed by atoms with Gasteiger partial charge >= 0.3 is 0 Å². The number of carbonyl (C=O) groups excluding carboxylic acids is 2. The van der Waals surface area contributed by atoms with Gasteiger partial charge in [0.05, 0.1) is 0 Å². The second-order valence-corrected chi connectivity index (χ2v) is 4.66. The van der Waals surface area contributed by atoms with E-state index in [0.29, 0.717) is 11.3 Å². The molecule has 0 aromatic carbocycles. The normalized spacial score (nSPS) is 14.6. The average Bonchev–Trinajstić information content (AvgIpc) is 2.63. The van der Waals surface area contributed by atoms with E-state index >= 15 is 0 Å². The van der Waals surface area contributed by atoms with Gasteiger partial charge in [-0.25, -0.2) is 4.98 Å². The molecule has 0 radical (unpaired) electrons. The highest BCUT2D eigenvalue weighted by Crippen LogP contribution is 2.22. The number of carbonyl (C=O) groups is 2. The van der Waals surface area contributed by atoms with E-state index in [-0.39, 0.29) is 11.8 Å². The Hall–Kier alpha value is -1.63. The van der Waals surface area contributed by atoms with Crippen LogP contribution in [0.4, 0.5) is 5.82 Å². The minimum Gasteiger partial charge on any atom is -0.311 e. The molecule has 1 aromatic heterocycles. The molecule has 6 nitrogen and oxygen atoms in total. The van der Waals surface area contributed by atoms with E-state index in [2.05, 4.69) is 15.3 Å². The van der Waals surface area contributed by atoms with Crippen LogP contribution >= 0.6 is 11.8 Å². The highest BCUT2D eigenvalue weighted by molar-refractivity contribution is 7.99. The Labute approximate surface area is 102 Å². The van der Waals surface area contributed by atoms with E-state index in [1.54, 1.807) is 17.8 Å². The molecule has 0 bridgehead atoms. The van der Waals surface area contributed by atoms with Gasteiger partial charge in [0.1, 0.15) is 11.3 Å². The van der Waals surface area contributed by atoms with Crippen LogP contribution < -0.4 is 10.8 Å². The number of hydrogen-bond donors (Lipinski definition) is 1. The van der Waals surface area contributed by atoms with E-state index in [0.717, 1.165) is 17.5 Å². The summed E-state index contributed by atoms with van der Waals surface area (Å²) in [4.78, 5) is 30.2. The van der Waals surface area contributed by atoms with Crippen molar-refractivity contribution < 1.29 is 9.59 Å². The van der Waals surface area contributed by atoms with Crippen molar-refractivity contribution in [3.05, 3.63) is 11.6 Å². The van der Waals surface area contributed by atoms with E-state index < -0.39 is 0 Å². The smallest absolute Gasteiger partial charge is 0.244 e. The molecule has 0 atom stereocenters. The molecule has 0 aliphatic carbocycles. The van der Waals surface area contributed by atoms with Crippen LogP contribution in [-0.2, 0) is 16.1 Å². The lowest BCUT2D eigenvalue weighted by atomic mass is 10.5. The first-order valence-electron chi connectivity index (χ1n) is 5.14. The van der Waals surface area contributed by atoms with E-state index in [1.165, 1.54) is 13.8 Å². The van der Waals surface area contributed by atoms with Crippen LogP contribution in [0.25, 0.3) is 0 Å². The van der Waals surface area contributed by atoms with Gasteiger partial charge in [-0.3, -0.25) is 9.59 Å². The molecule has 2 amide bonds. The minimum atomic E-state index is -0.267. The molecule has 0 fully saturated rings. The summed E-state index contributed by atoms with van der Waals surface area (Å²) in [6.45, 7) is 3.59. The maximum absolute atomic E-state index is 11.1. The van der Waals surface area contributed by atoms with E-state index in [9.17, 15) is 9.59 Å². The van der Waals surface area contributed by atoms with Crippen molar-refractivity contribution >= 4 is 29.4 Å². The number of hydrogen-bond acceptors (Lipinski definition) is 4. The Morgan fingerprint density at radius 3 is 2.94 bits per heavy atom.